The van der Waals surface area contributed by atoms with Crippen LogP contribution in [0.3, 0.4) is 0 Å². The summed E-state index contributed by atoms with van der Waals surface area (Å²) in [6.45, 7) is 0. The maximum Gasteiger partial charge on any atom is 0.159 e. The molecular weight excluding hydrogens is 456 g/mol. The molecule has 0 radical (unpaired) electrons. The second kappa shape index (κ2) is 8.78. The van der Waals surface area contributed by atoms with Gasteiger partial charge in [0.25, 0.3) is 0 Å². The molecule has 0 saturated carbocycles. The summed E-state index contributed by atoms with van der Waals surface area (Å²) in [5.41, 5.74) is 6.57. The average molecular weight is 473 g/mol. The minimum Gasteiger partial charge on any atom is -0.308 e. The van der Waals surface area contributed by atoms with Crippen molar-refractivity contribution in [2.45, 2.75) is 0 Å². The van der Waals surface area contributed by atoms with Crippen LogP contribution in [-0.4, -0.2) is 14.5 Å². The van der Waals surface area contributed by atoms with Crippen molar-refractivity contribution in [3.05, 3.63) is 114 Å². The van der Waals surface area contributed by atoms with E-state index in [4.69, 9.17) is 5.26 Å². The lowest BCUT2D eigenvalue weighted by Gasteiger charge is -2.12. The first-order valence-corrected chi connectivity index (χ1v) is 11.5. The molecule has 0 aliphatic rings. The van der Waals surface area contributed by atoms with E-state index in [1.807, 2.05) is 66.7 Å². The van der Waals surface area contributed by atoms with E-state index < -0.39 is 0 Å². The normalized spacial score (nSPS) is 10.6. The number of para-hydroxylation sites is 1. The zero-order valence-electron chi connectivity index (χ0n) is 19.4. The SMILES string of the molecule is N#Cc1cnc(-c2ccc(-n3c4ccccc4c4ccc(-c5ccccc5C#N)cc43)c(C#N)c2)nc1. The van der Waals surface area contributed by atoms with Gasteiger partial charge in [0.1, 0.15) is 12.1 Å². The molecule has 2 heterocycles. The number of benzene rings is 4. The summed E-state index contributed by atoms with van der Waals surface area (Å²) in [6.07, 6.45) is 2.94. The van der Waals surface area contributed by atoms with Crippen molar-refractivity contribution < 1.29 is 0 Å². The van der Waals surface area contributed by atoms with E-state index in [1.54, 1.807) is 6.07 Å². The zero-order valence-corrected chi connectivity index (χ0v) is 19.4. The fourth-order valence-corrected chi connectivity index (χ4v) is 4.72. The van der Waals surface area contributed by atoms with Crippen LogP contribution in [0.4, 0.5) is 0 Å². The number of hydrogen-bond donors (Lipinski definition) is 0. The lowest BCUT2D eigenvalue weighted by atomic mass is 9.99. The molecule has 37 heavy (non-hydrogen) atoms. The van der Waals surface area contributed by atoms with Crippen molar-refractivity contribution in [2.75, 3.05) is 0 Å². The summed E-state index contributed by atoms with van der Waals surface area (Å²) >= 11 is 0. The molecule has 0 N–H and O–H groups in total. The molecule has 6 aromatic rings. The van der Waals surface area contributed by atoms with Gasteiger partial charge >= 0.3 is 0 Å². The number of fused-ring (bicyclic) bond motifs is 3. The quantitative estimate of drug-likeness (QED) is 0.292. The average Bonchev–Trinajstić information content (AvgIpc) is 3.30. The molecule has 0 aliphatic carbocycles. The van der Waals surface area contributed by atoms with Crippen LogP contribution in [-0.2, 0) is 0 Å². The second-order valence-electron chi connectivity index (χ2n) is 8.49. The smallest absolute Gasteiger partial charge is 0.159 e. The Bertz CT molecular complexity index is 1960. The Hall–Kier alpha value is -5.77. The van der Waals surface area contributed by atoms with Gasteiger partial charge in [-0.2, -0.15) is 15.8 Å². The van der Waals surface area contributed by atoms with E-state index in [0.29, 0.717) is 28.1 Å². The standard InChI is InChI=1S/C31H16N6/c32-15-20-18-35-31(36-19-20)22-10-12-28(24(13-22)17-34)37-29-8-4-3-7-26(29)27-11-9-21(14-30(27)37)25-6-2-1-5-23(25)16-33/h1-14,18-19H. The minimum absolute atomic E-state index is 0.375. The summed E-state index contributed by atoms with van der Waals surface area (Å²) in [7, 11) is 0. The zero-order chi connectivity index (χ0) is 25.4. The number of nitriles is 3. The molecule has 0 amide bonds. The van der Waals surface area contributed by atoms with Crippen molar-refractivity contribution in [2.24, 2.45) is 0 Å². The van der Waals surface area contributed by atoms with Gasteiger partial charge in [-0.1, -0.05) is 48.5 Å². The highest BCUT2D eigenvalue weighted by Crippen LogP contribution is 2.36. The third kappa shape index (κ3) is 3.56. The first-order chi connectivity index (χ1) is 18.2. The van der Waals surface area contributed by atoms with Gasteiger partial charge in [-0.3, -0.25) is 0 Å². The number of nitrogens with zero attached hydrogens (tertiary/aromatic N) is 6. The van der Waals surface area contributed by atoms with Gasteiger partial charge in [0.15, 0.2) is 5.82 Å². The molecule has 0 aliphatic heterocycles. The van der Waals surface area contributed by atoms with Gasteiger partial charge in [0.2, 0.25) is 0 Å². The molecule has 170 valence electrons. The third-order valence-electron chi connectivity index (χ3n) is 6.43. The van der Waals surface area contributed by atoms with Crippen LogP contribution in [0.1, 0.15) is 16.7 Å². The molecule has 0 saturated heterocycles. The number of aromatic nitrogens is 3. The van der Waals surface area contributed by atoms with Gasteiger partial charge in [0.05, 0.1) is 39.5 Å². The number of rotatable bonds is 3. The topological polar surface area (TPSA) is 102 Å². The Kier molecular flexibility index (Phi) is 5.16. The molecule has 4 aromatic carbocycles. The highest BCUT2D eigenvalue weighted by Gasteiger charge is 2.17. The molecule has 0 fully saturated rings. The summed E-state index contributed by atoms with van der Waals surface area (Å²) in [5, 5.41) is 30.9. The Morgan fingerprint density at radius 3 is 2.08 bits per heavy atom. The van der Waals surface area contributed by atoms with Crippen molar-refractivity contribution in [3.8, 4) is 46.4 Å². The molecule has 0 bridgehead atoms. The Labute approximate surface area is 212 Å². The van der Waals surface area contributed by atoms with Crippen molar-refractivity contribution in [3.63, 3.8) is 0 Å². The van der Waals surface area contributed by atoms with E-state index >= 15 is 0 Å². The Morgan fingerprint density at radius 2 is 1.30 bits per heavy atom. The van der Waals surface area contributed by atoms with Gasteiger partial charge in [-0.15, -0.1) is 0 Å². The fraction of sp³-hybridized carbons (Fsp3) is 0. The van der Waals surface area contributed by atoms with Crippen LogP contribution in [0.5, 0.6) is 0 Å². The van der Waals surface area contributed by atoms with Crippen LogP contribution >= 0.6 is 0 Å². The van der Waals surface area contributed by atoms with Gasteiger partial charge in [0, 0.05) is 28.7 Å². The van der Waals surface area contributed by atoms with Gasteiger partial charge in [-0.05, 0) is 47.5 Å². The van der Waals surface area contributed by atoms with Gasteiger partial charge in [-0.25, -0.2) is 9.97 Å². The first-order valence-electron chi connectivity index (χ1n) is 11.5. The summed E-state index contributed by atoms with van der Waals surface area (Å²) in [4.78, 5) is 8.55. The van der Waals surface area contributed by atoms with Crippen molar-refractivity contribution in [1.82, 2.24) is 14.5 Å². The fourth-order valence-electron chi connectivity index (χ4n) is 4.72. The van der Waals surface area contributed by atoms with E-state index in [1.165, 1.54) is 12.4 Å². The van der Waals surface area contributed by atoms with E-state index in [-0.39, 0.29) is 0 Å². The van der Waals surface area contributed by atoms with Crippen LogP contribution in [0, 0.1) is 34.0 Å². The Morgan fingerprint density at radius 1 is 0.595 bits per heavy atom. The predicted octanol–water partition coefficient (Wildman–Crippen LogP) is 6.52. The van der Waals surface area contributed by atoms with Crippen LogP contribution in [0.15, 0.2) is 97.3 Å². The summed E-state index contributed by atoms with van der Waals surface area (Å²) in [5.74, 6) is 0.444. The molecule has 6 heteroatoms. The predicted molar refractivity (Wildman–Crippen MR) is 141 cm³/mol. The van der Waals surface area contributed by atoms with Crippen molar-refractivity contribution >= 4 is 21.8 Å². The molecule has 6 nitrogen and oxygen atoms in total. The molecular formula is C31H16N6. The maximum absolute atomic E-state index is 10.1. The van der Waals surface area contributed by atoms with E-state index in [9.17, 15) is 10.5 Å². The van der Waals surface area contributed by atoms with E-state index in [0.717, 1.165) is 38.6 Å². The molecule has 6 rings (SSSR count). The highest BCUT2D eigenvalue weighted by molar-refractivity contribution is 6.10. The molecule has 2 aromatic heterocycles. The lowest BCUT2D eigenvalue weighted by molar-refractivity contribution is 1.14. The lowest BCUT2D eigenvalue weighted by Crippen LogP contribution is -1.99. The van der Waals surface area contributed by atoms with Crippen LogP contribution in [0.2, 0.25) is 0 Å². The second-order valence-corrected chi connectivity index (χ2v) is 8.49. The molecule has 0 atom stereocenters. The summed E-state index contributed by atoms with van der Waals surface area (Å²) in [6, 6.07) is 34.0. The molecule has 0 spiro atoms. The van der Waals surface area contributed by atoms with E-state index in [2.05, 4.69) is 44.9 Å². The largest absolute Gasteiger partial charge is 0.308 e. The minimum atomic E-state index is 0.375. The third-order valence-corrected chi connectivity index (χ3v) is 6.43. The van der Waals surface area contributed by atoms with Gasteiger partial charge < -0.3 is 4.57 Å². The highest BCUT2D eigenvalue weighted by atomic mass is 15.0. The van der Waals surface area contributed by atoms with Crippen molar-refractivity contribution in [1.29, 1.82) is 15.8 Å². The Balaban J connectivity index is 1.60. The monoisotopic (exact) mass is 472 g/mol. The van der Waals surface area contributed by atoms with Crippen LogP contribution in [0.25, 0.3) is 50.0 Å². The van der Waals surface area contributed by atoms with Crippen LogP contribution < -0.4 is 0 Å². The number of hydrogen-bond acceptors (Lipinski definition) is 5. The first kappa shape index (κ1) is 21.7. The molecule has 0 unspecified atom stereocenters. The summed E-state index contributed by atoms with van der Waals surface area (Å²) < 4.78 is 2.09. The maximum atomic E-state index is 10.1.